The quantitative estimate of drug-likeness (QED) is 0.221. The highest BCUT2D eigenvalue weighted by molar-refractivity contribution is 7.91. The molecule has 3 aromatic rings. The topological polar surface area (TPSA) is 181 Å². The van der Waals surface area contributed by atoms with Crippen molar-refractivity contribution in [1.29, 1.82) is 0 Å². The van der Waals surface area contributed by atoms with Gasteiger partial charge in [0.15, 0.2) is 9.84 Å². The van der Waals surface area contributed by atoms with Crippen molar-refractivity contribution >= 4 is 30.8 Å². The number of nitrogens with zero attached hydrogens (tertiary/aromatic N) is 2. The van der Waals surface area contributed by atoms with Gasteiger partial charge in [-0.2, -0.15) is 4.31 Å². The first-order valence-electron chi connectivity index (χ1n) is 13.8. The number of ether oxygens (including phenoxy) is 2. The Morgan fingerprint density at radius 2 is 1.83 bits per heavy atom. The highest BCUT2D eigenvalue weighted by atomic mass is 32.2. The summed E-state index contributed by atoms with van der Waals surface area (Å²) in [4.78, 5) is 4.46. The van der Waals surface area contributed by atoms with Gasteiger partial charge < -0.3 is 30.7 Å². The Morgan fingerprint density at radius 1 is 1.07 bits per heavy atom. The van der Waals surface area contributed by atoms with Crippen LogP contribution in [0.1, 0.15) is 19.3 Å². The van der Waals surface area contributed by atoms with Crippen molar-refractivity contribution in [3.05, 3.63) is 60.8 Å². The molecule has 42 heavy (non-hydrogen) atoms. The van der Waals surface area contributed by atoms with Gasteiger partial charge in [0, 0.05) is 37.3 Å². The lowest BCUT2D eigenvalue weighted by atomic mass is 9.88. The summed E-state index contributed by atoms with van der Waals surface area (Å²) in [5.74, 6) is -0.338. The number of fused-ring (bicyclic) bond motifs is 1. The minimum atomic E-state index is -3.77. The summed E-state index contributed by atoms with van der Waals surface area (Å²) in [6.45, 7) is 1.30. The molecule has 2 saturated heterocycles. The molecule has 2 aliphatic rings. The number of aromatic nitrogens is 1. The Balaban J connectivity index is 1.08. The number of nitrogens with two attached hydrogens (primary N) is 1. The van der Waals surface area contributed by atoms with Crippen LogP contribution < -0.4 is 15.8 Å². The minimum Gasteiger partial charge on any atom is -0.491 e. The average molecular weight is 621 g/mol. The molecule has 3 atom stereocenters. The zero-order chi connectivity index (χ0) is 30.0. The number of rotatable bonds is 11. The molecule has 2 fully saturated rings. The Labute approximate surface area is 245 Å². The number of piperidine rings is 1. The molecule has 1 aromatic heterocycles. The van der Waals surface area contributed by atoms with Gasteiger partial charge in [0.05, 0.1) is 28.4 Å². The Hall–Kier alpha value is -2.69. The van der Waals surface area contributed by atoms with Crippen LogP contribution in [0.4, 0.5) is 0 Å². The number of sulfonamides is 1. The summed E-state index contributed by atoms with van der Waals surface area (Å²) in [5, 5.41) is 23.7. The van der Waals surface area contributed by atoms with Crippen LogP contribution in [0.3, 0.4) is 0 Å². The molecular formula is C28H36N4O8S2. The van der Waals surface area contributed by atoms with Crippen LogP contribution in [0.25, 0.3) is 10.9 Å². The summed E-state index contributed by atoms with van der Waals surface area (Å²) < 4.78 is 64.4. The van der Waals surface area contributed by atoms with Crippen molar-refractivity contribution in [3.8, 4) is 5.75 Å². The van der Waals surface area contributed by atoms with E-state index in [1.165, 1.54) is 28.7 Å². The molecule has 5 rings (SSSR count). The van der Waals surface area contributed by atoms with Gasteiger partial charge in [0.1, 0.15) is 29.6 Å². The summed E-state index contributed by atoms with van der Waals surface area (Å²) in [6, 6.07) is 14.9. The monoisotopic (exact) mass is 620 g/mol. The average Bonchev–Trinajstić information content (AvgIpc) is 3.36. The summed E-state index contributed by atoms with van der Waals surface area (Å²) in [7, 11) is -7.45. The first kappa shape index (κ1) is 30.8. The van der Waals surface area contributed by atoms with Crippen molar-refractivity contribution in [1.82, 2.24) is 14.6 Å². The lowest BCUT2D eigenvalue weighted by molar-refractivity contribution is -0.0312. The normalized spacial score (nSPS) is 21.0. The van der Waals surface area contributed by atoms with Crippen LogP contribution in [0.15, 0.2) is 70.6 Å². The fourth-order valence-corrected chi connectivity index (χ4v) is 8.08. The van der Waals surface area contributed by atoms with Gasteiger partial charge in [0.25, 0.3) is 0 Å². The van der Waals surface area contributed by atoms with E-state index in [1.807, 2.05) is 24.3 Å². The third kappa shape index (κ3) is 7.09. The number of hydrogen-bond donors (Lipinski definition) is 4. The first-order chi connectivity index (χ1) is 20.0. The van der Waals surface area contributed by atoms with Crippen LogP contribution in [0.2, 0.25) is 0 Å². The van der Waals surface area contributed by atoms with Gasteiger partial charge in [-0.1, -0.05) is 24.3 Å². The van der Waals surface area contributed by atoms with E-state index in [9.17, 15) is 27.0 Å². The van der Waals surface area contributed by atoms with Crippen molar-refractivity contribution in [3.63, 3.8) is 0 Å². The number of aliphatic hydroxyl groups excluding tert-OH is 2. The Bertz CT molecular complexity index is 1610. The smallest absolute Gasteiger partial charge is 0.244 e. The predicted molar refractivity (Wildman–Crippen MR) is 155 cm³/mol. The number of pyridine rings is 1. The largest absolute Gasteiger partial charge is 0.491 e. The lowest BCUT2D eigenvalue weighted by Crippen LogP contribution is -2.47. The SMILES string of the molecule is NC(O)CS(=O)(=O)c1cccc(OC[C@@H](O)CN[C@H]2COC3(CCN(S(=O)(=O)c4cnc5ccccc5c4)CC3)C2)c1. The second-order valence-electron chi connectivity index (χ2n) is 10.9. The third-order valence-electron chi connectivity index (χ3n) is 7.69. The highest BCUT2D eigenvalue weighted by Crippen LogP contribution is 2.37. The van der Waals surface area contributed by atoms with E-state index >= 15 is 0 Å². The molecule has 14 heteroatoms. The molecule has 5 N–H and O–H groups in total. The zero-order valence-electron chi connectivity index (χ0n) is 23.0. The van der Waals surface area contributed by atoms with Crippen molar-refractivity contribution in [2.75, 3.05) is 38.6 Å². The molecule has 228 valence electrons. The molecule has 0 saturated carbocycles. The summed E-state index contributed by atoms with van der Waals surface area (Å²) in [5.41, 5.74) is 5.53. The first-order valence-corrected chi connectivity index (χ1v) is 16.8. The van der Waals surface area contributed by atoms with E-state index in [-0.39, 0.29) is 34.7 Å². The van der Waals surface area contributed by atoms with Crippen LogP contribution in [0.5, 0.6) is 5.75 Å². The van der Waals surface area contributed by atoms with E-state index < -0.39 is 43.5 Å². The maximum absolute atomic E-state index is 13.3. The molecular weight excluding hydrogens is 584 g/mol. The fraction of sp³-hybridized carbons (Fsp3) is 0.464. The molecule has 1 unspecified atom stereocenters. The van der Waals surface area contributed by atoms with Crippen molar-refractivity contribution < 1.29 is 36.5 Å². The zero-order valence-corrected chi connectivity index (χ0v) is 24.6. The molecule has 2 aliphatic heterocycles. The van der Waals surface area contributed by atoms with Gasteiger partial charge in [-0.25, -0.2) is 16.8 Å². The molecule has 12 nitrogen and oxygen atoms in total. The summed E-state index contributed by atoms with van der Waals surface area (Å²) in [6.07, 6.45) is 0.887. The maximum Gasteiger partial charge on any atom is 0.244 e. The number of benzene rings is 2. The minimum absolute atomic E-state index is 0.0105. The highest BCUT2D eigenvalue weighted by Gasteiger charge is 2.44. The Kier molecular flexibility index (Phi) is 9.16. The predicted octanol–water partition coefficient (Wildman–Crippen LogP) is 0.627. The second-order valence-corrected chi connectivity index (χ2v) is 14.8. The van der Waals surface area contributed by atoms with Crippen molar-refractivity contribution in [2.24, 2.45) is 5.73 Å². The molecule has 2 aromatic carbocycles. The van der Waals surface area contributed by atoms with Gasteiger partial charge >= 0.3 is 0 Å². The Morgan fingerprint density at radius 3 is 2.60 bits per heavy atom. The van der Waals surface area contributed by atoms with E-state index in [2.05, 4.69) is 10.3 Å². The van der Waals surface area contributed by atoms with Crippen molar-refractivity contribution in [2.45, 2.75) is 53.0 Å². The number of aliphatic hydroxyl groups is 2. The molecule has 1 spiro atoms. The van der Waals surface area contributed by atoms with Crippen LogP contribution in [0, 0.1) is 0 Å². The third-order valence-corrected chi connectivity index (χ3v) is 11.3. The van der Waals surface area contributed by atoms with Crippen LogP contribution >= 0.6 is 0 Å². The molecule has 0 radical (unpaired) electrons. The van der Waals surface area contributed by atoms with E-state index in [1.54, 1.807) is 12.1 Å². The number of nitrogens with one attached hydrogen (secondary N) is 1. The maximum atomic E-state index is 13.3. The molecule has 0 aliphatic carbocycles. The van der Waals surface area contributed by atoms with Gasteiger partial charge in [-0.3, -0.25) is 4.98 Å². The van der Waals surface area contributed by atoms with Gasteiger partial charge in [-0.05, 0) is 49.6 Å². The lowest BCUT2D eigenvalue weighted by Gasteiger charge is -2.38. The number of para-hydroxylation sites is 1. The number of hydrogen-bond acceptors (Lipinski definition) is 11. The van der Waals surface area contributed by atoms with Crippen LogP contribution in [-0.4, -0.2) is 98.9 Å². The fourth-order valence-electron chi connectivity index (χ4n) is 5.43. The second kappa shape index (κ2) is 12.5. The summed E-state index contributed by atoms with van der Waals surface area (Å²) >= 11 is 0. The molecule has 0 bridgehead atoms. The standard InChI is InChI=1S/C28H36N4O8S2/c29-27(34)19-41(35,36)24-6-3-5-23(13-24)39-18-22(33)15-30-21-14-28(40-17-21)8-10-32(11-9-28)42(37,38)25-12-20-4-1-2-7-26(20)31-16-25/h1-7,12-13,16,21-22,27,30,33-34H,8-11,14-15,17-19,29H2/t21-,22+,27?/m1/s1. The molecule has 0 amide bonds. The van der Waals surface area contributed by atoms with Gasteiger partial charge in [-0.15, -0.1) is 0 Å². The van der Waals surface area contributed by atoms with Gasteiger partial charge in [0.2, 0.25) is 10.0 Å². The van der Waals surface area contributed by atoms with E-state index in [0.29, 0.717) is 39.0 Å². The molecule has 3 heterocycles. The van der Waals surface area contributed by atoms with E-state index in [4.69, 9.17) is 15.2 Å². The van der Waals surface area contributed by atoms with Crippen LogP contribution in [-0.2, 0) is 24.6 Å². The van der Waals surface area contributed by atoms with E-state index in [0.717, 1.165) is 10.9 Å². The number of sulfone groups is 1.